The van der Waals surface area contributed by atoms with Crippen molar-refractivity contribution < 1.29 is 9.47 Å². The fraction of sp³-hybridized carbons (Fsp3) is 0.400. The Balaban J connectivity index is 1.83. The molecule has 1 unspecified atom stereocenters. The van der Waals surface area contributed by atoms with Crippen LogP contribution in [0.1, 0.15) is 30.3 Å². The SMILES string of the molecule is COc1nc(C2CCCO2)nc(NCc2cccnc2)c1N. The number of anilines is 2. The molecule has 1 fully saturated rings. The normalized spacial score (nSPS) is 17.4. The lowest BCUT2D eigenvalue weighted by atomic mass is 10.2. The molecule has 1 atom stereocenters. The largest absolute Gasteiger partial charge is 0.479 e. The van der Waals surface area contributed by atoms with Crippen LogP contribution in [0, 0.1) is 0 Å². The minimum absolute atomic E-state index is 0.0894. The Morgan fingerprint density at radius 2 is 2.36 bits per heavy atom. The van der Waals surface area contributed by atoms with E-state index in [1.807, 2.05) is 12.1 Å². The summed E-state index contributed by atoms with van der Waals surface area (Å²) in [5.41, 5.74) is 7.49. The fourth-order valence-corrected chi connectivity index (χ4v) is 2.37. The van der Waals surface area contributed by atoms with E-state index >= 15 is 0 Å². The number of nitrogens with two attached hydrogens (primary N) is 1. The van der Waals surface area contributed by atoms with E-state index in [1.165, 1.54) is 0 Å². The molecule has 1 aliphatic heterocycles. The standard InChI is InChI=1S/C15H19N5O2/c1-21-15-12(16)14(18-9-10-4-2-6-17-8-10)19-13(20-15)11-5-3-7-22-11/h2,4,6,8,11H,3,5,7,9,16H2,1H3,(H,18,19,20). The van der Waals surface area contributed by atoms with Crippen molar-refractivity contribution in [1.82, 2.24) is 15.0 Å². The molecule has 7 heteroatoms. The molecule has 116 valence electrons. The van der Waals surface area contributed by atoms with E-state index in [9.17, 15) is 0 Å². The topological polar surface area (TPSA) is 95.2 Å². The van der Waals surface area contributed by atoms with Crippen LogP contribution in [0.15, 0.2) is 24.5 Å². The molecule has 3 rings (SSSR count). The molecule has 1 aliphatic rings. The Kier molecular flexibility index (Phi) is 4.34. The maximum atomic E-state index is 6.06. The van der Waals surface area contributed by atoms with Crippen molar-refractivity contribution in [3.05, 3.63) is 35.9 Å². The maximum Gasteiger partial charge on any atom is 0.242 e. The molecule has 0 amide bonds. The van der Waals surface area contributed by atoms with Gasteiger partial charge < -0.3 is 20.5 Å². The van der Waals surface area contributed by atoms with Gasteiger partial charge in [-0.2, -0.15) is 4.98 Å². The molecule has 7 nitrogen and oxygen atoms in total. The summed E-state index contributed by atoms with van der Waals surface area (Å²) in [6.07, 6.45) is 5.37. The molecule has 0 aliphatic carbocycles. The van der Waals surface area contributed by atoms with E-state index in [-0.39, 0.29) is 6.10 Å². The highest BCUT2D eigenvalue weighted by molar-refractivity contribution is 5.67. The number of rotatable bonds is 5. The smallest absolute Gasteiger partial charge is 0.242 e. The van der Waals surface area contributed by atoms with Crippen LogP contribution in [-0.4, -0.2) is 28.7 Å². The van der Waals surface area contributed by atoms with Gasteiger partial charge in [-0.15, -0.1) is 0 Å². The van der Waals surface area contributed by atoms with Crippen molar-refractivity contribution in [2.24, 2.45) is 0 Å². The van der Waals surface area contributed by atoms with E-state index < -0.39 is 0 Å². The predicted molar refractivity (Wildman–Crippen MR) is 82.5 cm³/mol. The van der Waals surface area contributed by atoms with Gasteiger partial charge in [0.25, 0.3) is 0 Å². The van der Waals surface area contributed by atoms with E-state index in [4.69, 9.17) is 15.2 Å². The molecule has 2 aromatic heterocycles. The van der Waals surface area contributed by atoms with Crippen LogP contribution >= 0.6 is 0 Å². The lowest BCUT2D eigenvalue weighted by molar-refractivity contribution is 0.104. The Morgan fingerprint density at radius 1 is 1.45 bits per heavy atom. The molecular weight excluding hydrogens is 282 g/mol. The molecule has 0 spiro atoms. The van der Waals surface area contributed by atoms with Crippen LogP contribution in [-0.2, 0) is 11.3 Å². The maximum absolute atomic E-state index is 6.06. The lowest BCUT2D eigenvalue weighted by Crippen LogP contribution is -2.12. The summed E-state index contributed by atoms with van der Waals surface area (Å²) in [5.74, 6) is 1.53. The number of hydrogen-bond acceptors (Lipinski definition) is 7. The average Bonchev–Trinajstić information content (AvgIpc) is 3.09. The first kappa shape index (κ1) is 14.5. The number of aromatic nitrogens is 3. The van der Waals surface area contributed by atoms with Crippen molar-refractivity contribution in [3.8, 4) is 5.88 Å². The second-order valence-electron chi connectivity index (χ2n) is 5.07. The van der Waals surface area contributed by atoms with Crippen molar-refractivity contribution in [2.45, 2.75) is 25.5 Å². The monoisotopic (exact) mass is 301 g/mol. The first-order chi connectivity index (χ1) is 10.8. The minimum atomic E-state index is -0.0894. The highest BCUT2D eigenvalue weighted by atomic mass is 16.5. The van der Waals surface area contributed by atoms with E-state index in [2.05, 4.69) is 20.3 Å². The van der Waals surface area contributed by atoms with Crippen molar-refractivity contribution in [3.63, 3.8) is 0 Å². The average molecular weight is 301 g/mol. The van der Waals surface area contributed by atoms with Crippen LogP contribution in [0.25, 0.3) is 0 Å². The summed E-state index contributed by atoms with van der Waals surface area (Å²) in [6.45, 7) is 1.31. The molecule has 0 saturated carbocycles. The van der Waals surface area contributed by atoms with Crippen LogP contribution < -0.4 is 15.8 Å². The van der Waals surface area contributed by atoms with E-state index in [1.54, 1.807) is 19.5 Å². The van der Waals surface area contributed by atoms with Crippen LogP contribution in [0.4, 0.5) is 11.5 Å². The molecule has 22 heavy (non-hydrogen) atoms. The van der Waals surface area contributed by atoms with Crippen molar-refractivity contribution in [1.29, 1.82) is 0 Å². The summed E-state index contributed by atoms with van der Waals surface area (Å²) < 4.78 is 10.9. The van der Waals surface area contributed by atoms with Gasteiger partial charge in [0.05, 0.1) is 7.11 Å². The summed E-state index contributed by atoms with van der Waals surface area (Å²) in [4.78, 5) is 12.9. The van der Waals surface area contributed by atoms with Gasteiger partial charge in [-0.25, -0.2) is 4.98 Å². The Morgan fingerprint density at radius 3 is 3.05 bits per heavy atom. The third-order valence-corrected chi connectivity index (χ3v) is 3.52. The summed E-state index contributed by atoms with van der Waals surface area (Å²) in [5, 5.41) is 3.22. The van der Waals surface area contributed by atoms with Crippen LogP contribution in [0.2, 0.25) is 0 Å². The van der Waals surface area contributed by atoms with Crippen molar-refractivity contribution in [2.75, 3.05) is 24.8 Å². The number of ether oxygens (including phenoxy) is 2. The van der Waals surface area contributed by atoms with E-state index in [0.29, 0.717) is 29.8 Å². The zero-order chi connectivity index (χ0) is 15.4. The Labute approximate surface area is 128 Å². The highest BCUT2D eigenvalue weighted by Gasteiger charge is 2.23. The van der Waals surface area contributed by atoms with Gasteiger partial charge in [0.15, 0.2) is 11.6 Å². The quantitative estimate of drug-likeness (QED) is 0.871. The van der Waals surface area contributed by atoms with Gasteiger partial charge in [-0.1, -0.05) is 6.07 Å². The Hall–Kier alpha value is -2.41. The zero-order valence-electron chi connectivity index (χ0n) is 12.5. The predicted octanol–water partition coefficient (Wildman–Crippen LogP) is 1.93. The second kappa shape index (κ2) is 6.57. The first-order valence-electron chi connectivity index (χ1n) is 7.23. The summed E-state index contributed by atoms with van der Waals surface area (Å²) >= 11 is 0. The number of nitrogens with zero attached hydrogens (tertiary/aromatic N) is 3. The number of hydrogen-bond donors (Lipinski definition) is 2. The molecule has 3 N–H and O–H groups in total. The summed E-state index contributed by atoms with van der Waals surface area (Å²) in [6, 6.07) is 3.87. The molecular formula is C15H19N5O2. The van der Waals surface area contributed by atoms with Gasteiger partial charge in [0.1, 0.15) is 11.8 Å². The molecule has 3 heterocycles. The Bertz CT molecular complexity index is 629. The number of methoxy groups -OCH3 is 1. The van der Waals surface area contributed by atoms with Crippen LogP contribution in [0.3, 0.4) is 0 Å². The lowest BCUT2D eigenvalue weighted by Gasteiger charge is -2.15. The molecule has 1 saturated heterocycles. The first-order valence-corrected chi connectivity index (χ1v) is 7.23. The molecule has 0 radical (unpaired) electrons. The number of pyridine rings is 1. The van der Waals surface area contributed by atoms with Crippen LogP contribution in [0.5, 0.6) is 5.88 Å². The summed E-state index contributed by atoms with van der Waals surface area (Å²) in [7, 11) is 1.54. The molecule has 0 bridgehead atoms. The highest BCUT2D eigenvalue weighted by Crippen LogP contribution is 2.32. The second-order valence-corrected chi connectivity index (χ2v) is 5.07. The fourth-order valence-electron chi connectivity index (χ4n) is 2.37. The zero-order valence-corrected chi connectivity index (χ0v) is 12.5. The van der Waals surface area contributed by atoms with Gasteiger partial charge >= 0.3 is 0 Å². The van der Waals surface area contributed by atoms with Gasteiger partial charge in [0, 0.05) is 25.5 Å². The minimum Gasteiger partial charge on any atom is -0.479 e. The number of nitrogens with one attached hydrogen (secondary N) is 1. The van der Waals surface area contributed by atoms with Gasteiger partial charge in [-0.05, 0) is 24.5 Å². The molecule has 2 aromatic rings. The third kappa shape index (κ3) is 3.09. The number of nitrogen functional groups attached to an aromatic ring is 1. The molecule has 0 aromatic carbocycles. The van der Waals surface area contributed by atoms with Gasteiger partial charge in [0.2, 0.25) is 5.88 Å². The van der Waals surface area contributed by atoms with Gasteiger partial charge in [-0.3, -0.25) is 4.98 Å². The van der Waals surface area contributed by atoms with Crippen molar-refractivity contribution >= 4 is 11.5 Å². The van der Waals surface area contributed by atoms with E-state index in [0.717, 1.165) is 25.0 Å². The third-order valence-electron chi connectivity index (χ3n) is 3.52.